The molecule has 1 aliphatic heterocycles. The number of ether oxygens (including phenoxy) is 1. The van der Waals surface area contributed by atoms with E-state index in [2.05, 4.69) is 0 Å². The molecular weight excluding hydrogens is 136 g/mol. The van der Waals surface area contributed by atoms with Crippen molar-refractivity contribution in [2.24, 2.45) is 11.8 Å². The van der Waals surface area contributed by atoms with Gasteiger partial charge in [-0.15, -0.1) is 0 Å². The first-order valence-corrected chi connectivity index (χ1v) is 5.03. The first-order valence-electron chi connectivity index (χ1n) is 5.03. The molecule has 3 unspecified atom stereocenters. The highest BCUT2D eigenvalue weighted by atomic mass is 16.5. The van der Waals surface area contributed by atoms with Crippen LogP contribution in [0, 0.1) is 11.8 Å². The van der Waals surface area contributed by atoms with Gasteiger partial charge >= 0.3 is 0 Å². The maximum Gasteiger partial charge on any atom is 0.0713 e. The van der Waals surface area contributed by atoms with Gasteiger partial charge in [-0.05, 0) is 50.4 Å². The SMILES string of the molecule is C1COC23CCC(CC2C1)C3. The van der Waals surface area contributed by atoms with Crippen LogP contribution < -0.4 is 0 Å². The van der Waals surface area contributed by atoms with E-state index < -0.39 is 0 Å². The Morgan fingerprint density at radius 1 is 1.27 bits per heavy atom. The van der Waals surface area contributed by atoms with Gasteiger partial charge in [-0.3, -0.25) is 0 Å². The molecule has 0 aromatic carbocycles. The van der Waals surface area contributed by atoms with E-state index in [-0.39, 0.29) is 0 Å². The molecule has 2 aliphatic carbocycles. The molecule has 1 heteroatoms. The van der Waals surface area contributed by atoms with Crippen LogP contribution in [0.5, 0.6) is 0 Å². The molecule has 2 saturated carbocycles. The summed E-state index contributed by atoms with van der Waals surface area (Å²) in [6, 6.07) is 0. The summed E-state index contributed by atoms with van der Waals surface area (Å²) in [7, 11) is 0. The molecule has 62 valence electrons. The van der Waals surface area contributed by atoms with Crippen molar-refractivity contribution in [1.29, 1.82) is 0 Å². The van der Waals surface area contributed by atoms with Gasteiger partial charge in [-0.1, -0.05) is 0 Å². The summed E-state index contributed by atoms with van der Waals surface area (Å²) in [5.41, 5.74) is 0.406. The monoisotopic (exact) mass is 152 g/mol. The predicted molar refractivity (Wildman–Crippen MR) is 43.4 cm³/mol. The van der Waals surface area contributed by atoms with E-state index in [1.807, 2.05) is 0 Å². The van der Waals surface area contributed by atoms with Crippen molar-refractivity contribution < 1.29 is 4.74 Å². The molecule has 3 atom stereocenters. The van der Waals surface area contributed by atoms with Crippen molar-refractivity contribution in [3.63, 3.8) is 0 Å². The molecule has 3 fully saturated rings. The molecule has 0 aromatic rings. The lowest BCUT2D eigenvalue weighted by atomic mass is 9.80. The Morgan fingerprint density at radius 2 is 2.27 bits per heavy atom. The van der Waals surface area contributed by atoms with Crippen molar-refractivity contribution >= 4 is 0 Å². The quantitative estimate of drug-likeness (QED) is 0.517. The van der Waals surface area contributed by atoms with Crippen molar-refractivity contribution in [3.05, 3.63) is 0 Å². The average Bonchev–Trinajstić information content (AvgIpc) is 2.57. The van der Waals surface area contributed by atoms with Crippen LogP contribution in [0.2, 0.25) is 0 Å². The minimum absolute atomic E-state index is 0.406. The standard InChI is InChI=1S/C10H16O/c1-2-9-6-8-3-4-10(9,7-8)11-5-1/h8-9H,1-7H2. The molecule has 3 rings (SSSR count). The Bertz CT molecular complexity index is 178. The Hall–Kier alpha value is -0.0400. The zero-order valence-electron chi connectivity index (χ0n) is 7.01. The second-order valence-electron chi connectivity index (χ2n) is 4.60. The first-order chi connectivity index (χ1) is 5.39. The molecule has 1 spiro atoms. The van der Waals surface area contributed by atoms with Crippen LogP contribution in [0.3, 0.4) is 0 Å². The van der Waals surface area contributed by atoms with Gasteiger partial charge in [0.2, 0.25) is 0 Å². The molecule has 0 N–H and O–H groups in total. The molecular formula is C10H16O. The van der Waals surface area contributed by atoms with E-state index in [0.29, 0.717) is 5.60 Å². The third kappa shape index (κ3) is 0.752. The third-order valence-electron chi connectivity index (χ3n) is 4.06. The second kappa shape index (κ2) is 2.01. The van der Waals surface area contributed by atoms with Gasteiger partial charge in [0.1, 0.15) is 0 Å². The van der Waals surface area contributed by atoms with E-state index in [1.54, 1.807) is 0 Å². The highest BCUT2D eigenvalue weighted by molar-refractivity contribution is 5.04. The van der Waals surface area contributed by atoms with Gasteiger partial charge < -0.3 is 4.74 Å². The second-order valence-corrected chi connectivity index (χ2v) is 4.60. The maximum atomic E-state index is 5.98. The van der Waals surface area contributed by atoms with Gasteiger partial charge in [0, 0.05) is 6.61 Å². The third-order valence-corrected chi connectivity index (χ3v) is 4.06. The van der Waals surface area contributed by atoms with Crippen molar-refractivity contribution in [1.82, 2.24) is 0 Å². The van der Waals surface area contributed by atoms with E-state index in [9.17, 15) is 0 Å². The lowest BCUT2D eigenvalue weighted by Crippen LogP contribution is -2.39. The largest absolute Gasteiger partial charge is 0.375 e. The number of hydrogen-bond donors (Lipinski definition) is 0. The Labute approximate surface area is 68.1 Å². The zero-order chi connectivity index (χ0) is 7.31. The van der Waals surface area contributed by atoms with Gasteiger partial charge in [-0.2, -0.15) is 0 Å². The van der Waals surface area contributed by atoms with Crippen LogP contribution in [-0.4, -0.2) is 12.2 Å². The minimum atomic E-state index is 0.406. The molecule has 0 aromatic heterocycles. The molecule has 0 amide bonds. The summed E-state index contributed by atoms with van der Waals surface area (Å²) < 4.78 is 5.98. The van der Waals surface area contributed by atoms with E-state index in [4.69, 9.17) is 4.74 Å². The summed E-state index contributed by atoms with van der Waals surface area (Å²) in [6.45, 7) is 1.04. The highest BCUT2D eigenvalue weighted by Crippen LogP contribution is 2.56. The van der Waals surface area contributed by atoms with Gasteiger partial charge in [0.15, 0.2) is 0 Å². The van der Waals surface area contributed by atoms with Crippen molar-refractivity contribution in [3.8, 4) is 0 Å². The summed E-state index contributed by atoms with van der Waals surface area (Å²) in [6.07, 6.45) is 8.49. The number of rotatable bonds is 0. The molecule has 2 bridgehead atoms. The Morgan fingerprint density at radius 3 is 3.09 bits per heavy atom. The number of hydrogen-bond acceptors (Lipinski definition) is 1. The molecule has 1 saturated heterocycles. The predicted octanol–water partition coefficient (Wildman–Crippen LogP) is 2.36. The van der Waals surface area contributed by atoms with Crippen molar-refractivity contribution in [2.75, 3.05) is 6.61 Å². The molecule has 0 radical (unpaired) electrons. The first kappa shape index (κ1) is 6.47. The topological polar surface area (TPSA) is 9.23 Å². The van der Waals surface area contributed by atoms with Crippen LogP contribution in [0.25, 0.3) is 0 Å². The fourth-order valence-corrected chi connectivity index (χ4v) is 3.57. The minimum Gasteiger partial charge on any atom is -0.375 e. The van der Waals surface area contributed by atoms with Gasteiger partial charge in [0.25, 0.3) is 0 Å². The van der Waals surface area contributed by atoms with E-state index in [0.717, 1.165) is 18.4 Å². The average molecular weight is 152 g/mol. The summed E-state index contributed by atoms with van der Waals surface area (Å²) in [5.74, 6) is 1.99. The van der Waals surface area contributed by atoms with Crippen LogP contribution in [0.4, 0.5) is 0 Å². The molecule has 11 heavy (non-hydrogen) atoms. The zero-order valence-corrected chi connectivity index (χ0v) is 7.01. The molecule has 3 aliphatic rings. The fourth-order valence-electron chi connectivity index (χ4n) is 3.57. The lowest BCUT2D eigenvalue weighted by Gasteiger charge is -2.39. The Balaban J connectivity index is 1.91. The lowest BCUT2D eigenvalue weighted by molar-refractivity contribution is -0.103. The van der Waals surface area contributed by atoms with Crippen LogP contribution in [0.1, 0.15) is 38.5 Å². The summed E-state index contributed by atoms with van der Waals surface area (Å²) >= 11 is 0. The fraction of sp³-hybridized carbons (Fsp3) is 1.00. The van der Waals surface area contributed by atoms with Crippen molar-refractivity contribution in [2.45, 2.75) is 44.1 Å². The molecule has 1 nitrogen and oxygen atoms in total. The summed E-state index contributed by atoms with van der Waals surface area (Å²) in [5, 5.41) is 0. The van der Waals surface area contributed by atoms with Gasteiger partial charge in [-0.25, -0.2) is 0 Å². The molecule has 1 heterocycles. The van der Waals surface area contributed by atoms with Crippen LogP contribution in [0.15, 0.2) is 0 Å². The van der Waals surface area contributed by atoms with E-state index in [1.165, 1.54) is 38.5 Å². The normalized spacial score (nSPS) is 54.5. The van der Waals surface area contributed by atoms with Gasteiger partial charge in [0.05, 0.1) is 5.60 Å². The number of fused-ring (bicyclic) bond motifs is 1. The summed E-state index contributed by atoms with van der Waals surface area (Å²) in [4.78, 5) is 0. The van der Waals surface area contributed by atoms with Crippen LogP contribution >= 0.6 is 0 Å². The van der Waals surface area contributed by atoms with E-state index >= 15 is 0 Å². The smallest absolute Gasteiger partial charge is 0.0713 e. The van der Waals surface area contributed by atoms with Crippen LogP contribution in [-0.2, 0) is 4.74 Å². The maximum absolute atomic E-state index is 5.98. The Kier molecular flexibility index (Phi) is 1.18. The highest BCUT2D eigenvalue weighted by Gasteiger charge is 2.53.